The molecule has 0 saturated carbocycles. The Kier molecular flexibility index (Phi) is 8.57. The van der Waals surface area contributed by atoms with Crippen molar-refractivity contribution >= 4 is 45.5 Å². The summed E-state index contributed by atoms with van der Waals surface area (Å²) >= 11 is 2.89. The van der Waals surface area contributed by atoms with Crippen molar-refractivity contribution in [3.8, 4) is 21.9 Å². The number of nitrogen functional groups attached to an aromatic ring is 1. The van der Waals surface area contributed by atoms with E-state index in [0.717, 1.165) is 15.3 Å². The van der Waals surface area contributed by atoms with Gasteiger partial charge < -0.3 is 35.5 Å². The molecule has 4 heterocycles. The van der Waals surface area contributed by atoms with Crippen LogP contribution in [0.1, 0.15) is 21.7 Å². The summed E-state index contributed by atoms with van der Waals surface area (Å²) in [5, 5.41) is 8.02. The summed E-state index contributed by atoms with van der Waals surface area (Å²) in [6.45, 7) is 0.772. The van der Waals surface area contributed by atoms with Gasteiger partial charge in [-0.1, -0.05) is 11.3 Å². The normalized spacial score (nSPS) is 17.1. The maximum atomic E-state index is 13.3. The lowest BCUT2D eigenvalue weighted by Crippen LogP contribution is -2.49. The van der Waals surface area contributed by atoms with Crippen LogP contribution in [0, 0.1) is 5.82 Å². The van der Waals surface area contributed by atoms with Crippen molar-refractivity contribution in [2.45, 2.75) is 24.8 Å². The van der Waals surface area contributed by atoms with E-state index in [4.69, 9.17) is 19.9 Å². The molecule has 2 aliphatic rings. The van der Waals surface area contributed by atoms with Crippen molar-refractivity contribution in [3.05, 3.63) is 82.4 Å². The third-order valence-corrected chi connectivity index (χ3v) is 9.01. The second-order valence-corrected chi connectivity index (χ2v) is 12.3. The van der Waals surface area contributed by atoms with Crippen molar-refractivity contribution in [2.75, 3.05) is 32.0 Å². The Morgan fingerprint density at radius 2 is 1.77 bits per heavy atom. The third-order valence-electron chi connectivity index (χ3n) is 7.19. The Bertz CT molecular complexity index is 1650. The van der Waals surface area contributed by atoms with Crippen molar-refractivity contribution in [1.29, 1.82) is 0 Å². The lowest BCUT2D eigenvalue weighted by Gasteiger charge is -2.24. The molecule has 2 fully saturated rings. The molecule has 6 rings (SSSR count). The van der Waals surface area contributed by atoms with Gasteiger partial charge in [0.2, 0.25) is 11.8 Å². The van der Waals surface area contributed by atoms with Crippen LogP contribution in [-0.2, 0) is 25.6 Å². The van der Waals surface area contributed by atoms with Gasteiger partial charge in [-0.05, 0) is 60.0 Å². The number of likely N-dealkylation sites (tertiary alicyclic amines) is 1. The Labute approximate surface area is 259 Å². The van der Waals surface area contributed by atoms with E-state index in [9.17, 15) is 18.8 Å². The molecule has 0 aliphatic carbocycles. The maximum absolute atomic E-state index is 13.3. The van der Waals surface area contributed by atoms with Crippen LogP contribution in [0.4, 0.5) is 9.52 Å². The molecule has 14 heteroatoms. The summed E-state index contributed by atoms with van der Waals surface area (Å²) in [7, 11) is 0. The maximum Gasteiger partial charge on any atom is 0.251 e. The van der Waals surface area contributed by atoms with E-state index in [2.05, 4.69) is 15.6 Å². The number of benzene rings is 2. The molecule has 4 N–H and O–H groups in total. The minimum absolute atomic E-state index is 0.0746. The monoisotopic (exact) mass is 637 g/mol. The number of anilines is 1. The fraction of sp³-hybridized carbons (Fsp3) is 0.267. The number of amides is 3. The van der Waals surface area contributed by atoms with E-state index in [-0.39, 0.29) is 37.8 Å². The average Bonchev–Trinajstić information content (AvgIpc) is 3.84. The van der Waals surface area contributed by atoms with E-state index in [1.54, 1.807) is 30.5 Å². The van der Waals surface area contributed by atoms with Gasteiger partial charge in [0.05, 0.1) is 37.7 Å². The number of carbonyl (C=O) groups excluding carboxylic acids is 3. The van der Waals surface area contributed by atoms with Crippen molar-refractivity contribution in [2.24, 2.45) is 0 Å². The average molecular weight is 638 g/mol. The SMILES string of the molecule is Nc1ncc(-c2csc(CNC(=O)C3CC4(CN3C(=O)CNC(=O)c3ccc(Oc5ccc(F)cc5)cc3)OCCO4)c2)s1. The molecule has 2 saturated heterocycles. The quantitative estimate of drug-likeness (QED) is 0.252. The van der Waals surface area contributed by atoms with E-state index < -0.39 is 23.6 Å². The number of halogens is 1. The largest absolute Gasteiger partial charge is 0.457 e. The van der Waals surface area contributed by atoms with Crippen LogP contribution in [0.25, 0.3) is 10.4 Å². The lowest BCUT2D eigenvalue weighted by molar-refractivity contribution is -0.152. The van der Waals surface area contributed by atoms with Gasteiger partial charge in [0.1, 0.15) is 23.4 Å². The Morgan fingerprint density at radius 1 is 1.07 bits per heavy atom. The highest BCUT2D eigenvalue weighted by Crippen LogP contribution is 2.35. The smallest absolute Gasteiger partial charge is 0.251 e. The zero-order valence-electron chi connectivity index (χ0n) is 23.3. The van der Waals surface area contributed by atoms with Gasteiger partial charge in [0, 0.05) is 28.6 Å². The predicted molar refractivity (Wildman–Crippen MR) is 162 cm³/mol. The highest BCUT2D eigenvalue weighted by atomic mass is 32.1. The summed E-state index contributed by atoms with van der Waals surface area (Å²) < 4.78 is 30.4. The van der Waals surface area contributed by atoms with Gasteiger partial charge in [-0.25, -0.2) is 9.37 Å². The Balaban J connectivity index is 1.05. The molecule has 0 radical (unpaired) electrons. The van der Waals surface area contributed by atoms with Crippen molar-refractivity contribution in [3.63, 3.8) is 0 Å². The molecule has 4 aromatic rings. The third kappa shape index (κ3) is 6.73. The van der Waals surface area contributed by atoms with Crippen LogP contribution in [0.3, 0.4) is 0 Å². The summed E-state index contributed by atoms with van der Waals surface area (Å²) in [5.41, 5.74) is 7.03. The van der Waals surface area contributed by atoms with Gasteiger partial charge in [-0.3, -0.25) is 14.4 Å². The number of nitrogens with one attached hydrogen (secondary N) is 2. The Hall–Kier alpha value is -4.37. The van der Waals surface area contributed by atoms with Crippen LogP contribution < -0.4 is 21.1 Å². The second-order valence-electron chi connectivity index (χ2n) is 10.2. The van der Waals surface area contributed by atoms with E-state index in [1.807, 2.05) is 11.4 Å². The van der Waals surface area contributed by atoms with Gasteiger partial charge in [-0.15, -0.1) is 11.3 Å². The lowest BCUT2D eigenvalue weighted by atomic mass is 10.1. The summed E-state index contributed by atoms with van der Waals surface area (Å²) in [4.78, 5) is 46.8. The first-order chi connectivity index (χ1) is 21.3. The summed E-state index contributed by atoms with van der Waals surface area (Å²) in [6, 6.07) is 13.0. The van der Waals surface area contributed by atoms with Crippen molar-refractivity contribution < 1.29 is 33.0 Å². The standard InChI is InChI=1S/C30H28FN5O6S2/c31-20-3-7-22(8-4-20)42-21-5-1-18(2-6-21)27(38)34-15-26(37)36-17-30(40-9-10-41-30)12-24(36)28(39)33-13-23-11-19(16-43-23)25-14-35-29(32)44-25/h1-8,11,14,16,24H,9-10,12-13,15,17H2,(H2,32,35)(H,33,39)(H,34,38). The van der Waals surface area contributed by atoms with Crippen LogP contribution in [-0.4, -0.2) is 65.7 Å². The van der Waals surface area contributed by atoms with Crippen LogP contribution in [0.5, 0.6) is 11.5 Å². The highest BCUT2D eigenvalue weighted by Gasteiger charge is 2.52. The molecular weight excluding hydrogens is 609 g/mol. The topological polar surface area (TPSA) is 145 Å². The van der Waals surface area contributed by atoms with Crippen LogP contribution in [0.2, 0.25) is 0 Å². The number of hydrogen-bond donors (Lipinski definition) is 3. The molecule has 1 spiro atoms. The molecule has 228 valence electrons. The molecule has 2 aromatic heterocycles. The minimum Gasteiger partial charge on any atom is -0.457 e. The molecular formula is C30H28FN5O6S2. The predicted octanol–water partition coefficient (Wildman–Crippen LogP) is 3.78. The fourth-order valence-electron chi connectivity index (χ4n) is 5.03. The number of nitrogens with two attached hydrogens (primary N) is 1. The van der Waals surface area contributed by atoms with Gasteiger partial charge >= 0.3 is 0 Å². The molecule has 44 heavy (non-hydrogen) atoms. The Morgan fingerprint density at radius 3 is 2.45 bits per heavy atom. The van der Waals surface area contributed by atoms with Crippen molar-refractivity contribution in [1.82, 2.24) is 20.5 Å². The van der Waals surface area contributed by atoms with Crippen LogP contribution >= 0.6 is 22.7 Å². The number of thiazole rings is 1. The molecule has 2 aliphatic heterocycles. The first kappa shape index (κ1) is 29.7. The highest BCUT2D eigenvalue weighted by molar-refractivity contribution is 7.19. The number of ether oxygens (including phenoxy) is 3. The van der Waals surface area contributed by atoms with Gasteiger partial charge in [0.15, 0.2) is 10.9 Å². The fourth-order valence-corrected chi connectivity index (χ4v) is 6.60. The molecule has 1 unspecified atom stereocenters. The van der Waals surface area contributed by atoms with Crippen LogP contribution in [0.15, 0.2) is 66.2 Å². The zero-order valence-corrected chi connectivity index (χ0v) is 24.9. The zero-order chi connectivity index (χ0) is 30.7. The number of thiophene rings is 1. The molecule has 2 aromatic carbocycles. The first-order valence-electron chi connectivity index (χ1n) is 13.7. The van der Waals surface area contributed by atoms with Gasteiger partial charge in [0.25, 0.3) is 5.91 Å². The number of nitrogens with zero attached hydrogens (tertiary/aromatic N) is 2. The summed E-state index contributed by atoms with van der Waals surface area (Å²) in [5.74, 6) is -1.75. The number of hydrogen-bond acceptors (Lipinski definition) is 10. The molecule has 1 atom stereocenters. The summed E-state index contributed by atoms with van der Waals surface area (Å²) in [6.07, 6.45) is 1.90. The van der Waals surface area contributed by atoms with E-state index in [1.165, 1.54) is 51.8 Å². The van der Waals surface area contributed by atoms with E-state index >= 15 is 0 Å². The van der Waals surface area contributed by atoms with E-state index in [0.29, 0.717) is 35.4 Å². The minimum atomic E-state index is -1.05. The molecule has 0 bridgehead atoms. The first-order valence-corrected chi connectivity index (χ1v) is 15.4. The molecule has 3 amide bonds. The number of aromatic nitrogens is 1. The van der Waals surface area contributed by atoms with Gasteiger partial charge in [-0.2, -0.15) is 0 Å². The molecule has 11 nitrogen and oxygen atoms in total. The number of carbonyl (C=O) groups is 3. The second kappa shape index (κ2) is 12.7. The number of rotatable bonds is 9.